The summed E-state index contributed by atoms with van der Waals surface area (Å²) in [4.78, 5) is 4.22. The summed E-state index contributed by atoms with van der Waals surface area (Å²) in [6, 6.07) is 0. The van der Waals surface area contributed by atoms with Crippen molar-refractivity contribution < 1.29 is 0 Å². The van der Waals surface area contributed by atoms with Crippen LogP contribution >= 0.6 is 0 Å². The summed E-state index contributed by atoms with van der Waals surface area (Å²) in [5, 5.41) is 14.2. The van der Waals surface area contributed by atoms with Crippen LogP contribution in [-0.2, 0) is 6.54 Å². The molecule has 0 aliphatic heterocycles. The van der Waals surface area contributed by atoms with Crippen molar-refractivity contribution in [1.29, 1.82) is 0 Å². The van der Waals surface area contributed by atoms with Gasteiger partial charge in [-0.05, 0) is 31.6 Å². The van der Waals surface area contributed by atoms with Gasteiger partial charge in [-0.15, -0.1) is 10.2 Å². The summed E-state index contributed by atoms with van der Waals surface area (Å²) >= 11 is 0. The van der Waals surface area contributed by atoms with E-state index < -0.39 is 0 Å². The van der Waals surface area contributed by atoms with Crippen molar-refractivity contribution in [2.45, 2.75) is 46.1 Å². The molecule has 6 heteroatoms. The lowest BCUT2D eigenvalue weighted by atomic mass is 10.1. The van der Waals surface area contributed by atoms with Crippen molar-refractivity contribution in [2.75, 3.05) is 20.1 Å². The molecule has 0 unspecified atom stereocenters. The number of aryl methyl sites for hydroxylation is 1. The summed E-state index contributed by atoms with van der Waals surface area (Å²) in [5.74, 6) is 1.67. The van der Waals surface area contributed by atoms with Crippen molar-refractivity contribution >= 4 is 5.96 Å². The first-order valence-electron chi connectivity index (χ1n) is 7.49. The monoisotopic (exact) mass is 280 g/mol. The zero-order valence-electron chi connectivity index (χ0n) is 13.0. The molecule has 0 atom stereocenters. The van der Waals surface area contributed by atoms with Crippen LogP contribution in [0.15, 0.2) is 17.6 Å². The van der Waals surface area contributed by atoms with Crippen LogP contribution in [-0.4, -0.2) is 40.9 Å². The molecule has 0 aromatic carbocycles. The molecular formula is C14H28N6. The fourth-order valence-electron chi connectivity index (χ4n) is 1.90. The number of rotatable bonds is 9. The Morgan fingerprint density at radius 2 is 1.75 bits per heavy atom. The molecule has 2 N–H and O–H groups in total. The van der Waals surface area contributed by atoms with E-state index in [2.05, 4.69) is 39.7 Å². The molecule has 0 amide bonds. The summed E-state index contributed by atoms with van der Waals surface area (Å²) in [7, 11) is 1.81. The van der Waals surface area contributed by atoms with E-state index in [1.807, 2.05) is 11.6 Å². The molecule has 0 radical (unpaired) electrons. The first-order chi connectivity index (χ1) is 9.72. The molecule has 20 heavy (non-hydrogen) atoms. The molecular weight excluding hydrogens is 252 g/mol. The number of unbranched alkanes of at least 4 members (excludes halogenated alkanes) is 1. The van der Waals surface area contributed by atoms with Gasteiger partial charge in [0.15, 0.2) is 5.96 Å². The van der Waals surface area contributed by atoms with Gasteiger partial charge >= 0.3 is 0 Å². The molecule has 1 aromatic rings. The van der Waals surface area contributed by atoms with E-state index in [0.717, 1.165) is 44.4 Å². The van der Waals surface area contributed by atoms with Crippen LogP contribution in [0, 0.1) is 5.92 Å². The Labute approximate surface area is 122 Å². The smallest absolute Gasteiger partial charge is 0.190 e. The fourth-order valence-corrected chi connectivity index (χ4v) is 1.90. The highest BCUT2D eigenvalue weighted by Crippen LogP contribution is 2.01. The molecule has 114 valence electrons. The number of hydrogen-bond acceptors (Lipinski definition) is 3. The lowest BCUT2D eigenvalue weighted by Gasteiger charge is -2.12. The van der Waals surface area contributed by atoms with Crippen LogP contribution in [0.1, 0.15) is 39.5 Å². The minimum absolute atomic E-state index is 0.768. The zero-order valence-corrected chi connectivity index (χ0v) is 13.0. The highest BCUT2D eigenvalue weighted by Gasteiger charge is 1.98. The van der Waals surface area contributed by atoms with Crippen molar-refractivity contribution in [3.63, 3.8) is 0 Å². The van der Waals surface area contributed by atoms with Gasteiger partial charge in [0.25, 0.3) is 0 Å². The minimum atomic E-state index is 0.768. The minimum Gasteiger partial charge on any atom is -0.356 e. The van der Waals surface area contributed by atoms with Crippen molar-refractivity contribution in [3.05, 3.63) is 12.7 Å². The fraction of sp³-hybridized carbons (Fsp3) is 0.786. The molecule has 1 heterocycles. The molecule has 0 bridgehead atoms. The Bertz CT molecular complexity index is 358. The molecule has 0 fully saturated rings. The maximum atomic E-state index is 4.22. The molecule has 0 aliphatic carbocycles. The maximum Gasteiger partial charge on any atom is 0.190 e. The third-order valence-electron chi connectivity index (χ3n) is 3.08. The zero-order chi connectivity index (χ0) is 14.6. The van der Waals surface area contributed by atoms with Gasteiger partial charge in [-0.2, -0.15) is 0 Å². The van der Waals surface area contributed by atoms with E-state index in [0.29, 0.717) is 0 Å². The van der Waals surface area contributed by atoms with E-state index in [4.69, 9.17) is 0 Å². The predicted octanol–water partition coefficient (Wildman–Crippen LogP) is 1.66. The second-order valence-electron chi connectivity index (χ2n) is 5.37. The van der Waals surface area contributed by atoms with Gasteiger partial charge in [0.2, 0.25) is 0 Å². The van der Waals surface area contributed by atoms with Gasteiger partial charge in [0, 0.05) is 26.7 Å². The van der Waals surface area contributed by atoms with Crippen LogP contribution in [0.2, 0.25) is 0 Å². The number of hydrogen-bond donors (Lipinski definition) is 2. The van der Waals surface area contributed by atoms with E-state index in [1.165, 1.54) is 12.8 Å². The standard InChI is InChI=1S/C14H28N6/c1-13(2)7-6-9-17-14(15-3)16-8-4-5-10-20-11-18-19-12-20/h11-13H,4-10H2,1-3H3,(H2,15,16,17). The number of aliphatic imine (C=N–C) groups is 1. The normalized spacial score (nSPS) is 11.9. The summed E-state index contributed by atoms with van der Waals surface area (Å²) in [6.07, 6.45) is 8.15. The maximum absolute atomic E-state index is 4.22. The van der Waals surface area contributed by atoms with E-state index in [9.17, 15) is 0 Å². The molecule has 1 aromatic heterocycles. The van der Waals surface area contributed by atoms with E-state index in [1.54, 1.807) is 12.7 Å². The van der Waals surface area contributed by atoms with Crippen LogP contribution in [0.5, 0.6) is 0 Å². The van der Waals surface area contributed by atoms with Gasteiger partial charge in [0.05, 0.1) is 0 Å². The highest BCUT2D eigenvalue weighted by atomic mass is 15.2. The Hall–Kier alpha value is -1.59. The Morgan fingerprint density at radius 1 is 1.10 bits per heavy atom. The second-order valence-corrected chi connectivity index (χ2v) is 5.37. The van der Waals surface area contributed by atoms with Crippen LogP contribution in [0.25, 0.3) is 0 Å². The Kier molecular flexibility index (Phi) is 8.42. The van der Waals surface area contributed by atoms with Crippen LogP contribution < -0.4 is 10.6 Å². The number of nitrogens with zero attached hydrogens (tertiary/aromatic N) is 4. The number of guanidine groups is 1. The predicted molar refractivity (Wildman–Crippen MR) is 82.7 cm³/mol. The van der Waals surface area contributed by atoms with Crippen LogP contribution in [0.4, 0.5) is 0 Å². The Balaban J connectivity index is 2.00. The third-order valence-corrected chi connectivity index (χ3v) is 3.08. The highest BCUT2D eigenvalue weighted by molar-refractivity contribution is 5.79. The van der Waals surface area contributed by atoms with E-state index in [-0.39, 0.29) is 0 Å². The largest absolute Gasteiger partial charge is 0.356 e. The van der Waals surface area contributed by atoms with Gasteiger partial charge in [-0.25, -0.2) is 0 Å². The van der Waals surface area contributed by atoms with Crippen molar-refractivity contribution in [1.82, 2.24) is 25.4 Å². The van der Waals surface area contributed by atoms with Crippen molar-refractivity contribution in [3.8, 4) is 0 Å². The Morgan fingerprint density at radius 3 is 2.35 bits per heavy atom. The molecule has 0 saturated heterocycles. The lowest BCUT2D eigenvalue weighted by molar-refractivity contribution is 0.548. The third kappa shape index (κ3) is 7.76. The topological polar surface area (TPSA) is 67.1 Å². The summed E-state index contributed by atoms with van der Waals surface area (Å²) in [6.45, 7) is 7.39. The van der Waals surface area contributed by atoms with Crippen molar-refractivity contribution in [2.24, 2.45) is 10.9 Å². The molecule has 0 spiro atoms. The molecule has 6 nitrogen and oxygen atoms in total. The average molecular weight is 280 g/mol. The second kappa shape index (κ2) is 10.2. The lowest BCUT2D eigenvalue weighted by Crippen LogP contribution is -2.38. The van der Waals surface area contributed by atoms with Gasteiger partial charge in [-0.3, -0.25) is 4.99 Å². The average Bonchev–Trinajstić information content (AvgIpc) is 2.93. The quantitative estimate of drug-likeness (QED) is 0.410. The van der Waals surface area contributed by atoms with Gasteiger partial charge in [-0.1, -0.05) is 13.8 Å². The van der Waals surface area contributed by atoms with Gasteiger partial charge < -0.3 is 15.2 Å². The summed E-state index contributed by atoms with van der Waals surface area (Å²) < 4.78 is 2.00. The summed E-state index contributed by atoms with van der Waals surface area (Å²) in [5.41, 5.74) is 0. The number of nitrogens with one attached hydrogen (secondary N) is 2. The van der Waals surface area contributed by atoms with Gasteiger partial charge in [0.1, 0.15) is 12.7 Å². The number of aromatic nitrogens is 3. The molecule has 0 saturated carbocycles. The van der Waals surface area contributed by atoms with Crippen LogP contribution in [0.3, 0.4) is 0 Å². The first kappa shape index (κ1) is 16.5. The first-order valence-corrected chi connectivity index (χ1v) is 7.49. The molecule has 1 rings (SSSR count). The van der Waals surface area contributed by atoms with E-state index >= 15 is 0 Å². The SMILES string of the molecule is CN=C(NCCCCn1cnnc1)NCCCC(C)C. The molecule has 0 aliphatic rings.